The monoisotopic (exact) mass is 393 g/mol. The maximum absolute atomic E-state index is 5.20. The van der Waals surface area contributed by atoms with E-state index in [0.29, 0.717) is 25.0 Å². The van der Waals surface area contributed by atoms with E-state index in [4.69, 9.17) is 6.42 Å². The number of nitrogens with zero attached hydrogens (tertiary/aromatic N) is 3. The zero-order valence-corrected chi connectivity index (χ0v) is 14.6. The standard InChI is InChI=1S/C12H19N5S.HI/c1-5-7-14-12(13-6-2)15-8-10-16-17-11(18-10)9(3)4;/h1,9H,6-8H2,2-4H3,(H2,13,14,15);1H. The Morgan fingerprint density at radius 3 is 2.68 bits per heavy atom. The smallest absolute Gasteiger partial charge is 0.192 e. The van der Waals surface area contributed by atoms with Gasteiger partial charge in [-0.15, -0.1) is 40.6 Å². The Labute approximate surface area is 135 Å². The van der Waals surface area contributed by atoms with Crippen LogP contribution in [0, 0.1) is 12.3 Å². The number of hydrogen-bond acceptors (Lipinski definition) is 4. The summed E-state index contributed by atoms with van der Waals surface area (Å²) in [6.45, 7) is 7.99. The second-order valence-electron chi connectivity index (χ2n) is 3.94. The Hall–Kier alpha value is -0.880. The van der Waals surface area contributed by atoms with Gasteiger partial charge in [0.05, 0.1) is 13.1 Å². The summed E-state index contributed by atoms with van der Waals surface area (Å²) in [5.74, 6) is 3.63. The van der Waals surface area contributed by atoms with Crippen molar-refractivity contribution in [2.75, 3.05) is 13.1 Å². The maximum atomic E-state index is 5.20. The van der Waals surface area contributed by atoms with Gasteiger partial charge >= 0.3 is 0 Å². The first-order chi connectivity index (χ1) is 8.67. The fourth-order valence-corrected chi connectivity index (χ4v) is 1.96. The largest absolute Gasteiger partial charge is 0.357 e. The second kappa shape index (κ2) is 9.97. The molecule has 1 aromatic rings. The molecule has 0 spiro atoms. The van der Waals surface area contributed by atoms with E-state index in [1.54, 1.807) is 11.3 Å². The minimum atomic E-state index is 0. The lowest BCUT2D eigenvalue weighted by molar-refractivity contribution is 0.813. The van der Waals surface area contributed by atoms with Gasteiger partial charge in [-0.2, -0.15) is 0 Å². The van der Waals surface area contributed by atoms with E-state index in [-0.39, 0.29) is 24.0 Å². The summed E-state index contributed by atoms with van der Waals surface area (Å²) in [4.78, 5) is 4.40. The fraction of sp³-hybridized carbons (Fsp3) is 0.583. The molecule has 19 heavy (non-hydrogen) atoms. The third-order valence-electron chi connectivity index (χ3n) is 2.05. The van der Waals surface area contributed by atoms with Crippen LogP contribution in [0.1, 0.15) is 36.7 Å². The molecule has 106 valence electrons. The van der Waals surface area contributed by atoms with Crippen molar-refractivity contribution in [3.8, 4) is 12.3 Å². The summed E-state index contributed by atoms with van der Waals surface area (Å²) in [6, 6.07) is 0. The molecule has 1 aromatic heterocycles. The number of guanidine groups is 1. The highest BCUT2D eigenvalue weighted by molar-refractivity contribution is 14.0. The lowest BCUT2D eigenvalue weighted by Crippen LogP contribution is -2.37. The van der Waals surface area contributed by atoms with Crippen molar-refractivity contribution in [3.05, 3.63) is 10.0 Å². The van der Waals surface area contributed by atoms with Crippen molar-refractivity contribution in [2.45, 2.75) is 33.2 Å². The zero-order valence-electron chi connectivity index (χ0n) is 11.4. The minimum Gasteiger partial charge on any atom is -0.357 e. The van der Waals surface area contributed by atoms with E-state index in [1.165, 1.54) is 0 Å². The quantitative estimate of drug-likeness (QED) is 0.348. The van der Waals surface area contributed by atoms with Gasteiger partial charge in [-0.1, -0.05) is 31.1 Å². The molecule has 0 bridgehead atoms. The number of aromatic nitrogens is 2. The Balaban J connectivity index is 0.00000324. The molecule has 0 saturated heterocycles. The molecule has 5 nitrogen and oxygen atoms in total. The van der Waals surface area contributed by atoms with Crippen LogP contribution in [0.25, 0.3) is 0 Å². The van der Waals surface area contributed by atoms with Gasteiger partial charge in [0, 0.05) is 12.5 Å². The van der Waals surface area contributed by atoms with Gasteiger partial charge in [0.15, 0.2) is 5.96 Å². The van der Waals surface area contributed by atoms with Crippen molar-refractivity contribution in [1.29, 1.82) is 0 Å². The highest BCUT2D eigenvalue weighted by Gasteiger charge is 2.07. The summed E-state index contributed by atoms with van der Waals surface area (Å²) >= 11 is 1.60. The first kappa shape index (κ1) is 18.1. The molecule has 0 radical (unpaired) electrons. The van der Waals surface area contributed by atoms with Crippen LogP contribution >= 0.6 is 35.3 Å². The summed E-state index contributed by atoms with van der Waals surface area (Å²) in [6.07, 6.45) is 5.20. The molecular weight excluding hydrogens is 373 g/mol. The van der Waals surface area contributed by atoms with Crippen LogP contribution in [-0.4, -0.2) is 29.2 Å². The number of aliphatic imine (C=N–C) groups is 1. The number of hydrogen-bond donors (Lipinski definition) is 2. The molecule has 1 heterocycles. The Kier molecular flexibility index (Phi) is 9.51. The van der Waals surface area contributed by atoms with Crippen LogP contribution in [-0.2, 0) is 6.54 Å². The lowest BCUT2D eigenvalue weighted by Gasteiger charge is -2.07. The van der Waals surface area contributed by atoms with Crippen molar-refractivity contribution in [2.24, 2.45) is 4.99 Å². The average molecular weight is 393 g/mol. The van der Waals surface area contributed by atoms with Gasteiger partial charge in [-0.25, -0.2) is 4.99 Å². The van der Waals surface area contributed by atoms with Crippen molar-refractivity contribution < 1.29 is 0 Å². The molecule has 2 N–H and O–H groups in total. The molecule has 0 aliphatic heterocycles. The first-order valence-corrected chi connectivity index (χ1v) is 6.77. The summed E-state index contributed by atoms with van der Waals surface area (Å²) in [7, 11) is 0. The van der Waals surface area contributed by atoms with Crippen molar-refractivity contribution >= 4 is 41.3 Å². The van der Waals surface area contributed by atoms with Gasteiger partial charge in [0.2, 0.25) is 0 Å². The highest BCUT2D eigenvalue weighted by Crippen LogP contribution is 2.19. The highest BCUT2D eigenvalue weighted by atomic mass is 127. The minimum absolute atomic E-state index is 0. The number of nitrogens with one attached hydrogen (secondary N) is 2. The van der Waals surface area contributed by atoms with Crippen LogP contribution < -0.4 is 10.6 Å². The Morgan fingerprint density at radius 1 is 1.42 bits per heavy atom. The molecule has 1 rings (SSSR count). The average Bonchev–Trinajstić information content (AvgIpc) is 2.81. The second-order valence-corrected chi connectivity index (χ2v) is 5.04. The van der Waals surface area contributed by atoms with Gasteiger partial charge in [-0.05, 0) is 6.92 Å². The van der Waals surface area contributed by atoms with E-state index in [1.807, 2.05) is 6.92 Å². The maximum Gasteiger partial charge on any atom is 0.192 e. The van der Waals surface area contributed by atoms with E-state index >= 15 is 0 Å². The van der Waals surface area contributed by atoms with Crippen LogP contribution in [0.5, 0.6) is 0 Å². The van der Waals surface area contributed by atoms with Crippen LogP contribution in [0.2, 0.25) is 0 Å². The molecule has 0 fully saturated rings. The third-order valence-corrected chi connectivity index (χ3v) is 3.26. The van der Waals surface area contributed by atoms with Crippen LogP contribution in [0.15, 0.2) is 4.99 Å². The fourth-order valence-electron chi connectivity index (χ4n) is 1.19. The van der Waals surface area contributed by atoms with Crippen LogP contribution in [0.4, 0.5) is 0 Å². The molecule has 0 saturated carbocycles. The van der Waals surface area contributed by atoms with E-state index < -0.39 is 0 Å². The molecule has 0 atom stereocenters. The molecule has 0 aromatic carbocycles. The summed E-state index contributed by atoms with van der Waals surface area (Å²) in [5.41, 5.74) is 0. The van der Waals surface area contributed by atoms with Gasteiger partial charge in [0.1, 0.15) is 10.0 Å². The van der Waals surface area contributed by atoms with E-state index in [0.717, 1.165) is 16.6 Å². The SMILES string of the molecule is C#CCNC(=NCc1nnc(C(C)C)s1)NCC.I. The number of halogens is 1. The molecular formula is C12H20IN5S. The van der Waals surface area contributed by atoms with Crippen molar-refractivity contribution in [1.82, 2.24) is 20.8 Å². The number of rotatable bonds is 5. The van der Waals surface area contributed by atoms with Gasteiger partial charge < -0.3 is 10.6 Å². The lowest BCUT2D eigenvalue weighted by atomic mass is 10.2. The molecule has 0 aliphatic carbocycles. The normalized spacial score (nSPS) is 10.8. The predicted octanol–water partition coefficient (Wildman–Crippen LogP) is 1.97. The molecule has 0 aliphatic rings. The van der Waals surface area contributed by atoms with Crippen molar-refractivity contribution in [3.63, 3.8) is 0 Å². The van der Waals surface area contributed by atoms with Gasteiger partial charge in [0.25, 0.3) is 0 Å². The first-order valence-electron chi connectivity index (χ1n) is 5.95. The Morgan fingerprint density at radius 2 is 2.16 bits per heavy atom. The summed E-state index contributed by atoms with van der Waals surface area (Å²) in [5, 5.41) is 16.3. The summed E-state index contributed by atoms with van der Waals surface area (Å²) < 4.78 is 0. The van der Waals surface area contributed by atoms with Crippen LogP contribution in [0.3, 0.4) is 0 Å². The zero-order chi connectivity index (χ0) is 13.4. The molecule has 0 amide bonds. The number of terminal acetylenes is 1. The topological polar surface area (TPSA) is 62.2 Å². The van der Waals surface area contributed by atoms with E-state index in [2.05, 4.69) is 45.6 Å². The Bertz CT molecular complexity index is 436. The molecule has 0 unspecified atom stereocenters. The van der Waals surface area contributed by atoms with E-state index in [9.17, 15) is 0 Å². The van der Waals surface area contributed by atoms with Gasteiger partial charge in [-0.3, -0.25) is 0 Å². The predicted molar refractivity (Wildman–Crippen MR) is 91.1 cm³/mol. The molecule has 7 heteroatoms. The third kappa shape index (κ3) is 6.73.